The quantitative estimate of drug-likeness (QED) is 0.326. The van der Waals surface area contributed by atoms with Gasteiger partial charge in [0.1, 0.15) is 12.4 Å². The zero-order valence-corrected chi connectivity index (χ0v) is 16.7. The van der Waals surface area contributed by atoms with Gasteiger partial charge in [0.15, 0.2) is 0 Å². The highest BCUT2D eigenvalue weighted by molar-refractivity contribution is 5.09. The monoisotopic (exact) mass is 334 g/mol. The van der Waals surface area contributed by atoms with E-state index in [2.05, 4.69) is 45.9 Å². The molecular weight excluding hydrogens is 296 g/mol. The molecule has 138 valence electrons. The second-order valence-electron chi connectivity index (χ2n) is 6.79. The van der Waals surface area contributed by atoms with Gasteiger partial charge in [0.2, 0.25) is 0 Å². The van der Waals surface area contributed by atoms with Gasteiger partial charge in [-0.2, -0.15) is 0 Å². The molecule has 2 nitrogen and oxygen atoms in total. The molecule has 2 heteroatoms. The van der Waals surface area contributed by atoms with Crippen molar-refractivity contribution in [2.45, 2.75) is 80.1 Å². The first-order chi connectivity index (χ1) is 11.4. The lowest BCUT2D eigenvalue weighted by Gasteiger charge is -2.10. The molecule has 1 N–H and O–H groups in total. The first-order valence-electron chi connectivity index (χ1n) is 9.27. The van der Waals surface area contributed by atoms with Crippen molar-refractivity contribution < 1.29 is 9.84 Å². The van der Waals surface area contributed by atoms with Crippen LogP contribution in [-0.2, 0) is 4.74 Å². The molecule has 24 heavy (non-hydrogen) atoms. The van der Waals surface area contributed by atoms with E-state index in [9.17, 15) is 5.11 Å². The lowest BCUT2D eigenvalue weighted by atomic mass is 10.0. The molecule has 0 fully saturated rings. The zero-order valence-electron chi connectivity index (χ0n) is 16.7. The van der Waals surface area contributed by atoms with Crippen LogP contribution in [0, 0.1) is 0 Å². The van der Waals surface area contributed by atoms with Crippen LogP contribution in [0.3, 0.4) is 0 Å². The number of hydrogen-bond acceptors (Lipinski definition) is 2. The van der Waals surface area contributed by atoms with Crippen molar-refractivity contribution in [2.75, 3.05) is 13.2 Å². The lowest BCUT2D eigenvalue weighted by molar-refractivity contribution is 0.167. The molecule has 0 atom stereocenters. The molecule has 0 aromatic rings. The van der Waals surface area contributed by atoms with Crippen LogP contribution in [0.2, 0.25) is 0 Å². The summed E-state index contributed by atoms with van der Waals surface area (Å²) in [6, 6.07) is 0. The second-order valence-corrected chi connectivity index (χ2v) is 6.79. The SMILES string of the molecule is CCOC(CO)=C(C)CCC=C(C)CCC=C(C)CCC=C(C)C. The number of aliphatic hydroxyl groups excluding tert-OH is 1. The number of rotatable bonds is 12. The third-order valence-electron chi connectivity index (χ3n) is 4.07. The van der Waals surface area contributed by atoms with E-state index >= 15 is 0 Å². The van der Waals surface area contributed by atoms with E-state index in [4.69, 9.17) is 4.74 Å². The van der Waals surface area contributed by atoms with Gasteiger partial charge in [0, 0.05) is 0 Å². The van der Waals surface area contributed by atoms with E-state index in [0.717, 1.165) is 43.4 Å². The van der Waals surface area contributed by atoms with Crippen LogP contribution in [0.1, 0.15) is 80.1 Å². The standard InChI is InChI=1S/C22H38O2/c1-7-24-22(17-23)21(6)16-10-15-20(5)14-9-13-19(4)12-8-11-18(2)3/h11,13,15,23H,7-10,12,14,16-17H2,1-6H3. The largest absolute Gasteiger partial charge is 0.496 e. The van der Waals surface area contributed by atoms with Gasteiger partial charge in [0.05, 0.1) is 6.61 Å². The predicted octanol–water partition coefficient (Wildman–Crippen LogP) is 6.49. The van der Waals surface area contributed by atoms with Gasteiger partial charge < -0.3 is 9.84 Å². The average Bonchev–Trinajstić information content (AvgIpc) is 2.52. The van der Waals surface area contributed by atoms with Gasteiger partial charge in [-0.3, -0.25) is 0 Å². The summed E-state index contributed by atoms with van der Waals surface area (Å²) >= 11 is 0. The van der Waals surface area contributed by atoms with Crippen LogP contribution >= 0.6 is 0 Å². The molecule has 0 heterocycles. The molecule has 0 aliphatic rings. The third kappa shape index (κ3) is 12.2. The van der Waals surface area contributed by atoms with Crippen molar-refractivity contribution >= 4 is 0 Å². The average molecular weight is 335 g/mol. The van der Waals surface area contributed by atoms with E-state index in [0.29, 0.717) is 6.61 Å². The molecular formula is C22H38O2. The number of hydrogen-bond donors (Lipinski definition) is 1. The zero-order chi connectivity index (χ0) is 18.4. The minimum absolute atomic E-state index is 0.000808. The Morgan fingerprint density at radius 3 is 1.75 bits per heavy atom. The van der Waals surface area contributed by atoms with Gasteiger partial charge in [0.25, 0.3) is 0 Å². The van der Waals surface area contributed by atoms with E-state index < -0.39 is 0 Å². The summed E-state index contributed by atoms with van der Waals surface area (Å²) in [5.74, 6) is 0.735. The molecule has 0 saturated heterocycles. The molecule has 0 amide bonds. The van der Waals surface area contributed by atoms with Gasteiger partial charge >= 0.3 is 0 Å². The number of allylic oxidation sites excluding steroid dienone is 7. The fourth-order valence-electron chi connectivity index (χ4n) is 2.49. The van der Waals surface area contributed by atoms with Gasteiger partial charge in [-0.1, -0.05) is 34.9 Å². The van der Waals surface area contributed by atoms with Crippen LogP contribution in [0.25, 0.3) is 0 Å². The highest BCUT2D eigenvalue weighted by Crippen LogP contribution is 2.15. The van der Waals surface area contributed by atoms with Crippen molar-refractivity contribution in [3.05, 3.63) is 46.3 Å². The fraction of sp³-hybridized carbons (Fsp3) is 0.636. The Kier molecular flexibility index (Phi) is 13.3. The summed E-state index contributed by atoms with van der Waals surface area (Å²) in [6.07, 6.45) is 13.5. The Morgan fingerprint density at radius 1 is 0.792 bits per heavy atom. The van der Waals surface area contributed by atoms with Crippen LogP contribution in [0.4, 0.5) is 0 Å². The van der Waals surface area contributed by atoms with Crippen LogP contribution in [0.15, 0.2) is 46.3 Å². The van der Waals surface area contributed by atoms with Crippen molar-refractivity contribution in [1.82, 2.24) is 0 Å². The number of ether oxygens (including phenoxy) is 1. The summed E-state index contributed by atoms with van der Waals surface area (Å²) in [5, 5.41) is 9.29. The van der Waals surface area contributed by atoms with E-state index in [1.54, 1.807) is 0 Å². The van der Waals surface area contributed by atoms with Crippen molar-refractivity contribution in [1.29, 1.82) is 0 Å². The molecule has 0 radical (unpaired) electrons. The molecule has 0 saturated carbocycles. The van der Waals surface area contributed by atoms with Crippen LogP contribution < -0.4 is 0 Å². The lowest BCUT2D eigenvalue weighted by Crippen LogP contribution is -2.00. The first kappa shape index (κ1) is 22.7. The molecule has 0 aromatic heterocycles. The minimum Gasteiger partial charge on any atom is -0.496 e. The van der Waals surface area contributed by atoms with E-state index in [1.165, 1.54) is 23.1 Å². The minimum atomic E-state index is -0.000808. The highest BCUT2D eigenvalue weighted by Gasteiger charge is 2.01. The van der Waals surface area contributed by atoms with Crippen LogP contribution in [-0.4, -0.2) is 18.3 Å². The topological polar surface area (TPSA) is 29.5 Å². The Morgan fingerprint density at radius 2 is 1.29 bits per heavy atom. The first-order valence-corrected chi connectivity index (χ1v) is 9.27. The van der Waals surface area contributed by atoms with E-state index in [1.807, 2.05) is 13.8 Å². The summed E-state index contributed by atoms with van der Waals surface area (Å²) in [4.78, 5) is 0. The third-order valence-corrected chi connectivity index (χ3v) is 4.07. The summed E-state index contributed by atoms with van der Waals surface area (Å²) in [7, 11) is 0. The Bertz CT molecular complexity index is 460. The van der Waals surface area contributed by atoms with Crippen molar-refractivity contribution in [3.63, 3.8) is 0 Å². The summed E-state index contributed by atoms with van der Waals surface area (Å²) in [5.41, 5.74) is 5.49. The Balaban J connectivity index is 4.17. The molecule has 0 aliphatic carbocycles. The highest BCUT2D eigenvalue weighted by atomic mass is 16.5. The number of aliphatic hydroxyl groups is 1. The summed E-state index contributed by atoms with van der Waals surface area (Å²) < 4.78 is 5.45. The smallest absolute Gasteiger partial charge is 0.120 e. The Hall–Kier alpha value is -1.28. The molecule has 0 bridgehead atoms. The van der Waals surface area contributed by atoms with Crippen LogP contribution in [0.5, 0.6) is 0 Å². The maximum Gasteiger partial charge on any atom is 0.120 e. The van der Waals surface area contributed by atoms with Crippen molar-refractivity contribution in [2.24, 2.45) is 0 Å². The molecule has 0 aliphatic heterocycles. The van der Waals surface area contributed by atoms with Gasteiger partial charge in [-0.05, 0) is 85.6 Å². The second kappa shape index (κ2) is 14.1. The van der Waals surface area contributed by atoms with Gasteiger partial charge in [-0.15, -0.1) is 0 Å². The predicted molar refractivity (Wildman–Crippen MR) is 106 cm³/mol. The maximum absolute atomic E-state index is 9.29. The maximum atomic E-state index is 9.29. The van der Waals surface area contributed by atoms with Gasteiger partial charge in [-0.25, -0.2) is 0 Å². The van der Waals surface area contributed by atoms with Crippen molar-refractivity contribution in [3.8, 4) is 0 Å². The fourth-order valence-corrected chi connectivity index (χ4v) is 2.49. The molecule has 0 rings (SSSR count). The summed E-state index contributed by atoms with van der Waals surface area (Å²) in [6.45, 7) is 13.4. The normalized spacial score (nSPS) is 13.6. The van der Waals surface area contributed by atoms with E-state index in [-0.39, 0.29) is 6.61 Å². The molecule has 0 aromatic carbocycles. The Labute approximate surface area is 150 Å². The molecule has 0 unspecified atom stereocenters. The molecule has 0 spiro atoms.